The van der Waals surface area contributed by atoms with Crippen LogP contribution in [0.15, 0.2) is 18.3 Å². The number of ether oxygens (including phenoxy) is 2. The van der Waals surface area contributed by atoms with Crippen molar-refractivity contribution in [3.8, 4) is 5.75 Å². The second-order valence-corrected chi connectivity index (χ2v) is 5.81. The average molecular weight is 273 g/mol. The molecule has 1 fully saturated rings. The van der Waals surface area contributed by atoms with Crippen LogP contribution in [0.4, 0.5) is 0 Å². The van der Waals surface area contributed by atoms with Crippen molar-refractivity contribution in [3.63, 3.8) is 0 Å². The lowest BCUT2D eigenvalue weighted by atomic mass is 10.2. The topological polar surface area (TPSA) is 74.7 Å². The Kier molecular flexibility index (Phi) is 3.56. The maximum absolute atomic E-state index is 11.4. The van der Waals surface area contributed by atoms with E-state index in [9.17, 15) is 8.42 Å². The molecule has 0 saturated carbocycles. The molecule has 100 valence electrons. The third-order valence-electron chi connectivity index (χ3n) is 2.61. The summed E-state index contributed by atoms with van der Waals surface area (Å²) in [6.07, 6.45) is 1.46. The highest BCUT2D eigenvalue weighted by atomic mass is 32.2. The van der Waals surface area contributed by atoms with Crippen LogP contribution in [0.25, 0.3) is 0 Å². The van der Waals surface area contributed by atoms with E-state index in [-0.39, 0.29) is 11.5 Å². The Morgan fingerprint density at radius 2 is 2.11 bits per heavy atom. The fourth-order valence-electron chi connectivity index (χ4n) is 1.58. The molecule has 0 aliphatic carbocycles. The van der Waals surface area contributed by atoms with E-state index in [1.165, 1.54) is 25.3 Å². The smallest absolute Gasteiger partial charge is 0.308 e. The van der Waals surface area contributed by atoms with Gasteiger partial charge >= 0.3 is 10.1 Å². The number of nitrogens with zero attached hydrogens (tertiary/aromatic N) is 1. The number of rotatable bonds is 4. The van der Waals surface area contributed by atoms with Crippen molar-refractivity contribution in [2.45, 2.75) is 19.6 Å². The van der Waals surface area contributed by atoms with Crippen LogP contribution in [0.5, 0.6) is 5.75 Å². The summed E-state index contributed by atoms with van der Waals surface area (Å²) in [5.41, 5.74) is 0.490. The van der Waals surface area contributed by atoms with E-state index in [4.69, 9.17) is 13.7 Å². The minimum atomic E-state index is -3.54. The minimum absolute atomic E-state index is 0.0884. The van der Waals surface area contributed by atoms with Gasteiger partial charge in [-0.15, -0.1) is 0 Å². The van der Waals surface area contributed by atoms with Crippen molar-refractivity contribution in [2.75, 3.05) is 19.0 Å². The van der Waals surface area contributed by atoms with Gasteiger partial charge in [0.2, 0.25) is 5.79 Å². The number of hydrogen-bond donors (Lipinski definition) is 0. The van der Waals surface area contributed by atoms with Crippen LogP contribution in [0, 0.1) is 0 Å². The van der Waals surface area contributed by atoms with Gasteiger partial charge in [0.05, 0.1) is 19.0 Å². The zero-order chi connectivity index (χ0) is 13.2. The second kappa shape index (κ2) is 4.83. The fourth-order valence-corrected chi connectivity index (χ4v) is 2.09. The van der Waals surface area contributed by atoms with Gasteiger partial charge in [0, 0.05) is 18.3 Å². The molecule has 0 radical (unpaired) electrons. The third-order valence-corrected chi connectivity index (χ3v) is 3.77. The Morgan fingerprint density at radius 3 is 2.72 bits per heavy atom. The first-order valence-corrected chi connectivity index (χ1v) is 7.19. The molecule has 2 rings (SSSR count). The van der Waals surface area contributed by atoms with Gasteiger partial charge in [0.1, 0.15) is 11.4 Å². The van der Waals surface area contributed by atoms with Crippen LogP contribution < -0.4 is 4.18 Å². The zero-order valence-electron chi connectivity index (χ0n) is 10.3. The molecular weight excluding hydrogens is 258 g/mol. The number of hydrogen-bond acceptors (Lipinski definition) is 6. The molecule has 1 saturated heterocycles. The van der Waals surface area contributed by atoms with E-state index in [0.717, 1.165) is 0 Å². The van der Waals surface area contributed by atoms with Crippen molar-refractivity contribution in [2.24, 2.45) is 0 Å². The van der Waals surface area contributed by atoms with Crippen molar-refractivity contribution in [1.82, 2.24) is 4.98 Å². The summed E-state index contributed by atoms with van der Waals surface area (Å²) in [5, 5.41) is 0. The van der Waals surface area contributed by atoms with E-state index in [1.54, 1.807) is 6.92 Å². The fraction of sp³-hybridized carbons (Fsp3) is 0.545. The van der Waals surface area contributed by atoms with E-state index in [1.807, 2.05) is 0 Å². The lowest BCUT2D eigenvalue weighted by molar-refractivity contribution is -0.152. The highest BCUT2D eigenvalue weighted by Crippen LogP contribution is 2.31. The van der Waals surface area contributed by atoms with Crippen molar-refractivity contribution < 1.29 is 22.1 Å². The summed E-state index contributed by atoms with van der Waals surface area (Å²) in [7, 11) is -3.54. The van der Waals surface area contributed by atoms with Gasteiger partial charge in [-0.3, -0.25) is 4.98 Å². The number of pyridine rings is 1. The van der Waals surface area contributed by atoms with Gasteiger partial charge in [0.15, 0.2) is 0 Å². The molecule has 6 nitrogen and oxygen atoms in total. The molecule has 18 heavy (non-hydrogen) atoms. The first-order chi connectivity index (χ1) is 8.45. The quantitative estimate of drug-likeness (QED) is 0.763. The first kappa shape index (κ1) is 13.3. The lowest BCUT2D eigenvalue weighted by Crippen LogP contribution is -2.24. The molecule has 1 aromatic heterocycles. The molecule has 0 aromatic carbocycles. The predicted molar refractivity (Wildman–Crippen MR) is 63.6 cm³/mol. The van der Waals surface area contributed by atoms with Crippen LogP contribution >= 0.6 is 0 Å². The standard InChI is InChI=1S/C11H15NO5S/c1-3-18(13,14)17-9-4-5-12-10(8-9)11(2)15-6-7-16-11/h4-5,8H,3,6-7H2,1-2H3. The summed E-state index contributed by atoms with van der Waals surface area (Å²) < 4.78 is 38.6. The Labute approximate surface area is 106 Å². The Balaban J connectivity index is 2.25. The zero-order valence-corrected chi connectivity index (χ0v) is 11.1. The normalized spacial score (nSPS) is 18.8. The molecule has 0 N–H and O–H groups in total. The van der Waals surface area contributed by atoms with Crippen LogP contribution in [0.3, 0.4) is 0 Å². The summed E-state index contributed by atoms with van der Waals surface area (Å²) >= 11 is 0. The van der Waals surface area contributed by atoms with Gasteiger partial charge in [0.25, 0.3) is 0 Å². The molecular formula is C11H15NO5S. The van der Waals surface area contributed by atoms with Crippen molar-refractivity contribution in [1.29, 1.82) is 0 Å². The van der Waals surface area contributed by atoms with Crippen molar-refractivity contribution in [3.05, 3.63) is 24.0 Å². The van der Waals surface area contributed by atoms with Gasteiger partial charge in [-0.1, -0.05) is 0 Å². The maximum atomic E-state index is 11.4. The van der Waals surface area contributed by atoms with Crippen LogP contribution in [0.1, 0.15) is 19.5 Å². The Morgan fingerprint density at radius 1 is 1.44 bits per heavy atom. The average Bonchev–Trinajstić information content (AvgIpc) is 2.77. The predicted octanol–water partition coefficient (Wildman–Crippen LogP) is 1.03. The Bertz CT molecular complexity index is 522. The van der Waals surface area contributed by atoms with Crippen LogP contribution in [-0.2, 0) is 25.4 Å². The molecule has 2 heterocycles. The maximum Gasteiger partial charge on any atom is 0.308 e. The molecule has 1 aromatic rings. The molecule has 1 aliphatic heterocycles. The van der Waals surface area contributed by atoms with E-state index < -0.39 is 15.9 Å². The van der Waals surface area contributed by atoms with Crippen molar-refractivity contribution >= 4 is 10.1 Å². The largest absolute Gasteiger partial charge is 0.382 e. The monoisotopic (exact) mass is 273 g/mol. The van der Waals surface area contributed by atoms with Gasteiger partial charge < -0.3 is 13.7 Å². The molecule has 0 amide bonds. The SMILES string of the molecule is CCS(=O)(=O)Oc1ccnc(C2(C)OCCO2)c1. The highest BCUT2D eigenvalue weighted by Gasteiger charge is 2.35. The minimum Gasteiger partial charge on any atom is -0.382 e. The van der Waals surface area contributed by atoms with E-state index in [0.29, 0.717) is 18.9 Å². The highest BCUT2D eigenvalue weighted by molar-refractivity contribution is 7.87. The molecule has 1 aliphatic rings. The molecule has 0 atom stereocenters. The summed E-state index contributed by atoms with van der Waals surface area (Å²) in [5.74, 6) is -0.813. The van der Waals surface area contributed by atoms with Gasteiger partial charge in [-0.25, -0.2) is 0 Å². The van der Waals surface area contributed by atoms with Crippen LogP contribution in [-0.4, -0.2) is 32.4 Å². The number of aromatic nitrogens is 1. The van der Waals surface area contributed by atoms with Gasteiger partial charge in [-0.05, 0) is 13.8 Å². The van der Waals surface area contributed by atoms with E-state index in [2.05, 4.69) is 4.98 Å². The molecule has 0 spiro atoms. The molecule has 0 bridgehead atoms. The summed E-state index contributed by atoms with van der Waals surface area (Å²) in [6, 6.07) is 2.99. The van der Waals surface area contributed by atoms with Gasteiger partial charge in [-0.2, -0.15) is 8.42 Å². The van der Waals surface area contributed by atoms with E-state index >= 15 is 0 Å². The second-order valence-electron chi connectivity index (χ2n) is 3.95. The molecule has 7 heteroatoms. The Hall–Kier alpha value is -1.18. The first-order valence-electron chi connectivity index (χ1n) is 5.62. The summed E-state index contributed by atoms with van der Waals surface area (Å²) in [6.45, 7) is 4.22. The summed E-state index contributed by atoms with van der Waals surface area (Å²) in [4.78, 5) is 4.12. The molecule has 0 unspecified atom stereocenters. The lowest BCUT2D eigenvalue weighted by Gasteiger charge is -2.21. The van der Waals surface area contributed by atoms with Crippen LogP contribution in [0.2, 0.25) is 0 Å². The third kappa shape index (κ3) is 2.80.